The van der Waals surface area contributed by atoms with Crippen molar-refractivity contribution in [1.82, 2.24) is 0 Å². The number of nitriles is 1. The van der Waals surface area contributed by atoms with Crippen molar-refractivity contribution in [2.24, 2.45) is 0 Å². The van der Waals surface area contributed by atoms with Gasteiger partial charge in [-0.3, -0.25) is 0 Å². The standard InChI is InChI=1S/C16H14Cl2N2/c1-11-3-2-4-13(10-19)16(11)20-8-7-12-5-6-14(17)9-15(12)18/h2-6,9,20H,7-8H2,1H3. The number of rotatable bonds is 4. The summed E-state index contributed by atoms with van der Waals surface area (Å²) in [5.74, 6) is 0. The van der Waals surface area contributed by atoms with E-state index in [9.17, 15) is 0 Å². The Hall–Kier alpha value is -1.69. The van der Waals surface area contributed by atoms with Crippen LogP contribution in [0.5, 0.6) is 0 Å². The van der Waals surface area contributed by atoms with E-state index in [0.717, 1.165) is 23.2 Å². The molecule has 0 heterocycles. The SMILES string of the molecule is Cc1cccc(C#N)c1NCCc1ccc(Cl)cc1Cl. The normalized spacial score (nSPS) is 10.1. The predicted molar refractivity (Wildman–Crippen MR) is 84.5 cm³/mol. The van der Waals surface area contributed by atoms with Gasteiger partial charge in [0.2, 0.25) is 0 Å². The molecule has 0 aliphatic carbocycles. The van der Waals surface area contributed by atoms with Crippen molar-refractivity contribution in [2.45, 2.75) is 13.3 Å². The molecule has 20 heavy (non-hydrogen) atoms. The molecule has 0 saturated heterocycles. The molecule has 0 fully saturated rings. The first kappa shape index (κ1) is 14.7. The molecule has 2 nitrogen and oxygen atoms in total. The van der Waals surface area contributed by atoms with Crippen LogP contribution in [0.25, 0.3) is 0 Å². The van der Waals surface area contributed by atoms with Crippen LogP contribution < -0.4 is 5.32 Å². The molecule has 0 aromatic heterocycles. The molecule has 4 heteroatoms. The minimum atomic E-state index is 0.636. The summed E-state index contributed by atoms with van der Waals surface area (Å²) in [6, 6.07) is 13.4. The van der Waals surface area contributed by atoms with Crippen LogP contribution in [0.1, 0.15) is 16.7 Å². The second kappa shape index (κ2) is 6.65. The molecular formula is C16H14Cl2N2. The largest absolute Gasteiger partial charge is 0.383 e. The van der Waals surface area contributed by atoms with Crippen LogP contribution in [0.4, 0.5) is 5.69 Å². The summed E-state index contributed by atoms with van der Waals surface area (Å²) in [6.07, 6.45) is 0.773. The lowest BCUT2D eigenvalue weighted by Crippen LogP contribution is -2.07. The maximum absolute atomic E-state index is 9.11. The smallest absolute Gasteiger partial charge is 0.101 e. The Kier molecular flexibility index (Phi) is 4.89. The van der Waals surface area contributed by atoms with Crippen LogP contribution in [0.2, 0.25) is 10.0 Å². The molecule has 0 radical (unpaired) electrons. The summed E-state index contributed by atoms with van der Waals surface area (Å²) < 4.78 is 0. The second-order valence-electron chi connectivity index (χ2n) is 4.52. The van der Waals surface area contributed by atoms with E-state index in [1.165, 1.54) is 0 Å². The number of hydrogen-bond donors (Lipinski definition) is 1. The highest BCUT2D eigenvalue weighted by atomic mass is 35.5. The first-order valence-electron chi connectivity index (χ1n) is 6.29. The van der Waals surface area contributed by atoms with Gasteiger partial charge in [0.05, 0.1) is 11.3 Å². The van der Waals surface area contributed by atoms with Gasteiger partial charge in [0, 0.05) is 16.6 Å². The maximum atomic E-state index is 9.11. The first-order valence-corrected chi connectivity index (χ1v) is 7.05. The highest BCUT2D eigenvalue weighted by Crippen LogP contribution is 2.23. The molecule has 2 aromatic carbocycles. The Morgan fingerprint density at radius 2 is 2.00 bits per heavy atom. The number of halogens is 2. The molecule has 0 amide bonds. The molecular weight excluding hydrogens is 291 g/mol. The van der Waals surface area contributed by atoms with Gasteiger partial charge in [-0.1, -0.05) is 41.4 Å². The third-order valence-electron chi connectivity index (χ3n) is 3.10. The van der Waals surface area contributed by atoms with Crippen molar-refractivity contribution < 1.29 is 0 Å². The fourth-order valence-electron chi connectivity index (χ4n) is 2.04. The molecule has 0 aliphatic rings. The van der Waals surface area contributed by atoms with Crippen molar-refractivity contribution in [3.63, 3.8) is 0 Å². The second-order valence-corrected chi connectivity index (χ2v) is 5.37. The number of aryl methyl sites for hydroxylation is 1. The van der Waals surface area contributed by atoms with Crippen LogP contribution in [0, 0.1) is 18.3 Å². The molecule has 102 valence electrons. The minimum Gasteiger partial charge on any atom is -0.383 e. The van der Waals surface area contributed by atoms with Crippen molar-refractivity contribution in [1.29, 1.82) is 5.26 Å². The summed E-state index contributed by atoms with van der Waals surface area (Å²) in [4.78, 5) is 0. The summed E-state index contributed by atoms with van der Waals surface area (Å²) in [7, 11) is 0. The molecule has 0 atom stereocenters. The summed E-state index contributed by atoms with van der Waals surface area (Å²) in [5.41, 5.74) is 3.65. The Labute approximate surface area is 128 Å². The lowest BCUT2D eigenvalue weighted by Gasteiger charge is -2.12. The number of hydrogen-bond acceptors (Lipinski definition) is 2. The number of nitrogens with one attached hydrogen (secondary N) is 1. The first-order chi connectivity index (χ1) is 9.61. The van der Waals surface area contributed by atoms with Gasteiger partial charge in [0.25, 0.3) is 0 Å². The molecule has 0 bridgehead atoms. The Morgan fingerprint density at radius 3 is 2.70 bits per heavy atom. The van der Waals surface area contributed by atoms with Gasteiger partial charge < -0.3 is 5.32 Å². The van der Waals surface area contributed by atoms with E-state index in [4.69, 9.17) is 28.5 Å². The number of nitrogens with zero attached hydrogens (tertiary/aromatic N) is 1. The van der Waals surface area contributed by atoms with E-state index in [2.05, 4.69) is 11.4 Å². The Balaban J connectivity index is 2.05. The van der Waals surface area contributed by atoms with Crippen molar-refractivity contribution in [2.75, 3.05) is 11.9 Å². The average molecular weight is 305 g/mol. The summed E-state index contributed by atoms with van der Waals surface area (Å²) >= 11 is 12.0. The highest BCUT2D eigenvalue weighted by molar-refractivity contribution is 6.35. The van der Waals surface area contributed by atoms with Gasteiger partial charge in [-0.05, 0) is 42.7 Å². The van der Waals surface area contributed by atoms with E-state index in [1.54, 1.807) is 6.07 Å². The van der Waals surface area contributed by atoms with Crippen molar-refractivity contribution >= 4 is 28.9 Å². The zero-order chi connectivity index (χ0) is 14.5. The molecule has 2 rings (SSSR count). The van der Waals surface area contributed by atoms with E-state index in [0.29, 0.717) is 22.2 Å². The van der Waals surface area contributed by atoms with Gasteiger partial charge in [0.1, 0.15) is 6.07 Å². The highest BCUT2D eigenvalue weighted by Gasteiger charge is 2.05. The van der Waals surface area contributed by atoms with Gasteiger partial charge in [-0.15, -0.1) is 0 Å². The van der Waals surface area contributed by atoms with Crippen molar-refractivity contribution in [3.8, 4) is 6.07 Å². The predicted octanol–water partition coefficient (Wildman–Crippen LogP) is 4.83. The van der Waals surface area contributed by atoms with E-state index < -0.39 is 0 Å². The van der Waals surface area contributed by atoms with Crippen molar-refractivity contribution in [3.05, 3.63) is 63.1 Å². The molecule has 2 aromatic rings. The zero-order valence-electron chi connectivity index (χ0n) is 11.1. The number of benzene rings is 2. The Morgan fingerprint density at radius 1 is 1.20 bits per heavy atom. The summed E-state index contributed by atoms with van der Waals surface area (Å²) in [6.45, 7) is 2.69. The monoisotopic (exact) mass is 304 g/mol. The molecule has 0 spiro atoms. The average Bonchev–Trinajstić information content (AvgIpc) is 2.42. The number of anilines is 1. The fraction of sp³-hybridized carbons (Fsp3) is 0.188. The topological polar surface area (TPSA) is 35.8 Å². The lowest BCUT2D eigenvalue weighted by atomic mass is 10.1. The van der Waals surface area contributed by atoms with Gasteiger partial charge in [-0.25, -0.2) is 0 Å². The third-order valence-corrected chi connectivity index (χ3v) is 3.69. The Bertz CT molecular complexity index is 660. The molecule has 0 unspecified atom stereocenters. The van der Waals surface area contributed by atoms with Crippen LogP contribution in [-0.4, -0.2) is 6.54 Å². The number of para-hydroxylation sites is 1. The van der Waals surface area contributed by atoms with Crippen LogP contribution >= 0.6 is 23.2 Å². The molecule has 1 N–H and O–H groups in total. The van der Waals surface area contributed by atoms with Gasteiger partial charge in [0.15, 0.2) is 0 Å². The third kappa shape index (κ3) is 3.45. The minimum absolute atomic E-state index is 0.636. The van der Waals surface area contributed by atoms with Crippen LogP contribution in [0.3, 0.4) is 0 Å². The van der Waals surface area contributed by atoms with Crippen LogP contribution in [0.15, 0.2) is 36.4 Å². The quantitative estimate of drug-likeness (QED) is 0.878. The van der Waals surface area contributed by atoms with Crippen LogP contribution in [-0.2, 0) is 6.42 Å². The zero-order valence-corrected chi connectivity index (χ0v) is 12.6. The summed E-state index contributed by atoms with van der Waals surface area (Å²) in [5, 5.41) is 13.7. The van der Waals surface area contributed by atoms with Gasteiger partial charge in [-0.2, -0.15) is 5.26 Å². The lowest BCUT2D eigenvalue weighted by molar-refractivity contribution is 1.02. The van der Waals surface area contributed by atoms with E-state index in [-0.39, 0.29) is 0 Å². The molecule has 0 aliphatic heterocycles. The van der Waals surface area contributed by atoms with Gasteiger partial charge >= 0.3 is 0 Å². The fourth-order valence-corrected chi connectivity index (χ4v) is 2.55. The maximum Gasteiger partial charge on any atom is 0.101 e. The molecule has 0 saturated carbocycles. The van der Waals surface area contributed by atoms with E-state index in [1.807, 2.05) is 37.3 Å². The van der Waals surface area contributed by atoms with E-state index >= 15 is 0 Å².